The van der Waals surface area contributed by atoms with Crippen LogP contribution in [0.15, 0.2) is 82.6 Å². The SMILES string of the molecule is COc1ccc(S(=O)(=O)[N-]c2cccc(NS(=O)(=O)c3ccc(OC)cc3)c2)cc1. The van der Waals surface area contributed by atoms with Crippen LogP contribution in [0.2, 0.25) is 0 Å². The van der Waals surface area contributed by atoms with Crippen LogP contribution in [0, 0.1) is 0 Å². The van der Waals surface area contributed by atoms with Gasteiger partial charge in [-0.2, -0.15) is 0 Å². The molecule has 0 spiro atoms. The van der Waals surface area contributed by atoms with Crippen molar-refractivity contribution in [2.75, 3.05) is 18.9 Å². The molecule has 0 saturated heterocycles. The maximum absolute atomic E-state index is 12.6. The largest absolute Gasteiger partial charge is 0.573 e. The molecule has 0 fully saturated rings. The Morgan fingerprint density at radius 3 is 1.80 bits per heavy atom. The number of nitrogens with one attached hydrogen (secondary N) is 1. The van der Waals surface area contributed by atoms with Gasteiger partial charge in [0.25, 0.3) is 10.0 Å². The third-order valence-corrected chi connectivity index (χ3v) is 6.77. The second-order valence-corrected chi connectivity index (χ2v) is 9.36. The Kier molecular flexibility index (Phi) is 6.18. The van der Waals surface area contributed by atoms with Crippen LogP contribution in [0.1, 0.15) is 0 Å². The highest BCUT2D eigenvalue weighted by Gasteiger charge is 2.14. The van der Waals surface area contributed by atoms with Gasteiger partial charge in [0.1, 0.15) is 21.5 Å². The Morgan fingerprint density at radius 1 is 0.733 bits per heavy atom. The van der Waals surface area contributed by atoms with Crippen molar-refractivity contribution in [2.45, 2.75) is 9.79 Å². The lowest BCUT2D eigenvalue weighted by Gasteiger charge is -2.22. The van der Waals surface area contributed by atoms with E-state index in [1.54, 1.807) is 0 Å². The van der Waals surface area contributed by atoms with E-state index in [0.717, 1.165) is 0 Å². The van der Waals surface area contributed by atoms with Crippen LogP contribution >= 0.6 is 0 Å². The smallest absolute Gasteiger partial charge is 0.261 e. The van der Waals surface area contributed by atoms with Crippen molar-refractivity contribution >= 4 is 31.4 Å². The third-order valence-electron chi connectivity index (χ3n) is 4.05. The maximum atomic E-state index is 12.6. The van der Waals surface area contributed by atoms with Gasteiger partial charge in [-0.1, -0.05) is 18.2 Å². The number of anilines is 1. The number of hydrogen-bond donors (Lipinski definition) is 1. The van der Waals surface area contributed by atoms with Gasteiger partial charge in [0, 0.05) is 5.69 Å². The van der Waals surface area contributed by atoms with Crippen molar-refractivity contribution in [2.24, 2.45) is 0 Å². The van der Waals surface area contributed by atoms with Gasteiger partial charge in [-0.3, -0.25) is 4.72 Å². The third kappa shape index (κ3) is 5.02. The molecule has 0 radical (unpaired) electrons. The standard InChI is InChI=1S/C20H19N2O6S2/c1-27-17-6-10-19(11-7-17)29(23,24)21-15-4-3-5-16(14-15)22-30(25,26)20-12-8-18(28-2)9-13-20/h3-14,21H,1-2H3/q-1. The fraction of sp³-hybridized carbons (Fsp3) is 0.100. The summed E-state index contributed by atoms with van der Waals surface area (Å²) in [6.07, 6.45) is 0. The summed E-state index contributed by atoms with van der Waals surface area (Å²) in [6, 6.07) is 17.5. The molecule has 3 aromatic carbocycles. The lowest BCUT2D eigenvalue weighted by atomic mass is 10.3. The summed E-state index contributed by atoms with van der Waals surface area (Å²) in [6.45, 7) is 0. The minimum absolute atomic E-state index is 0.00693. The Hall–Kier alpha value is -3.24. The Bertz CT molecular complexity index is 1130. The molecule has 0 heterocycles. The molecule has 0 bridgehead atoms. The monoisotopic (exact) mass is 447 g/mol. The van der Waals surface area contributed by atoms with Crippen molar-refractivity contribution in [3.63, 3.8) is 0 Å². The highest BCUT2D eigenvalue weighted by Crippen LogP contribution is 2.31. The Morgan fingerprint density at radius 2 is 1.27 bits per heavy atom. The first-order valence-corrected chi connectivity index (χ1v) is 11.5. The van der Waals surface area contributed by atoms with Crippen LogP contribution in [-0.2, 0) is 20.0 Å². The number of ether oxygens (including phenoxy) is 2. The molecule has 0 aliphatic heterocycles. The van der Waals surface area contributed by atoms with E-state index in [-0.39, 0.29) is 21.2 Å². The molecule has 3 aromatic rings. The lowest BCUT2D eigenvalue weighted by Crippen LogP contribution is -2.12. The number of hydrogen-bond acceptors (Lipinski definition) is 6. The summed E-state index contributed by atoms with van der Waals surface area (Å²) in [7, 11) is -4.89. The van der Waals surface area contributed by atoms with Crippen LogP contribution in [-0.4, -0.2) is 31.1 Å². The molecule has 0 saturated carbocycles. The first-order valence-electron chi connectivity index (χ1n) is 8.62. The first kappa shape index (κ1) is 21.5. The highest BCUT2D eigenvalue weighted by molar-refractivity contribution is 7.94. The zero-order valence-electron chi connectivity index (χ0n) is 16.1. The minimum Gasteiger partial charge on any atom is -0.573 e. The van der Waals surface area contributed by atoms with E-state index in [2.05, 4.69) is 9.44 Å². The maximum Gasteiger partial charge on any atom is 0.261 e. The van der Waals surface area contributed by atoms with E-state index in [0.29, 0.717) is 11.5 Å². The number of nitrogens with zero attached hydrogens (tertiary/aromatic N) is 1. The van der Waals surface area contributed by atoms with Gasteiger partial charge in [-0.25, -0.2) is 16.8 Å². The predicted octanol–water partition coefficient (Wildman–Crippen LogP) is 3.90. The summed E-state index contributed by atoms with van der Waals surface area (Å²) in [5.41, 5.74) is 0.262. The van der Waals surface area contributed by atoms with Crippen molar-refractivity contribution < 1.29 is 26.3 Å². The van der Waals surface area contributed by atoms with Gasteiger partial charge in [-0.05, 0) is 54.6 Å². The fourth-order valence-electron chi connectivity index (χ4n) is 2.53. The van der Waals surface area contributed by atoms with E-state index in [9.17, 15) is 16.8 Å². The normalized spacial score (nSPS) is 11.5. The van der Waals surface area contributed by atoms with Crippen molar-refractivity contribution in [3.05, 3.63) is 77.5 Å². The van der Waals surface area contributed by atoms with Gasteiger partial charge < -0.3 is 14.2 Å². The average Bonchev–Trinajstić information content (AvgIpc) is 2.73. The molecule has 158 valence electrons. The van der Waals surface area contributed by atoms with Gasteiger partial charge in [-0.15, -0.1) is 5.69 Å². The number of rotatable bonds is 8. The van der Waals surface area contributed by atoms with Crippen molar-refractivity contribution in [1.82, 2.24) is 0 Å². The molecule has 0 atom stereocenters. The summed E-state index contributed by atoms with van der Waals surface area (Å²) in [4.78, 5) is 0.0315. The molecule has 0 unspecified atom stereocenters. The fourth-order valence-corrected chi connectivity index (χ4v) is 4.56. The summed E-state index contributed by atoms with van der Waals surface area (Å²) in [5, 5.41) is 0. The molecule has 10 heteroatoms. The van der Waals surface area contributed by atoms with Gasteiger partial charge in [0.05, 0.1) is 24.0 Å². The molecular weight excluding hydrogens is 428 g/mol. The van der Waals surface area contributed by atoms with Crippen LogP contribution in [0.25, 0.3) is 4.72 Å². The van der Waals surface area contributed by atoms with E-state index in [1.807, 2.05) is 0 Å². The predicted molar refractivity (Wildman–Crippen MR) is 113 cm³/mol. The average molecular weight is 448 g/mol. The van der Waals surface area contributed by atoms with Gasteiger partial charge in [0.2, 0.25) is 0 Å². The van der Waals surface area contributed by atoms with Gasteiger partial charge >= 0.3 is 0 Å². The molecule has 0 aromatic heterocycles. The molecule has 1 N–H and O–H groups in total. The number of methoxy groups -OCH3 is 2. The zero-order valence-corrected chi connectivity index (χ0v) is 17.8. The van der Waals surface area contributed by atoms with Crippen LogP contribution in [0.3, 0.4) is 0 Å². The van der Waals surface area contributed by atoms with E-state index >= 15 is 0 Å². The minimum atomic E-state index is -3.98. The van der Waals surface area contributed by atoms with E-state index in [1.165, 1.54) is 87.0 Å². The Balaban J connectivity index is 1.79. The number of benzene rings is 3. The van der Waals surface area contributed by atoms with Crippen molar-refractivity contribution in [1.29, 1.82) is 0 Å². The number of sulfonamides is 2. The summed E-state index contributed by atoms with van der Waals surface area (Å²) >= 11 is 0. The van der Waals surface area contributed by atoms with E-state index < -0.39 is 20.0 Å². The van der Waals surface area contributed by atoms with E-state index in [4.69, 9.17) is 9.47 Å². The molecule has 8 nitrogen and oxygen atoms in total. The second-order valence-electron chi connectivity index (χ2n) is 6.07. The molecule has 30 heavy (non-hydrogen) atoms. The zero-order chi connectivity index (χ0) is 21.8. The molecule has 3 rings (SSSR count). The Labute approximate surface area is 175 Å². The second kappa shape index (κ2) is 8.64. The molecule has 0 aliphatic rings. The van der Waals surface area contributed by atoms with Crippen LogP contribution in [0.5, 0.6) is 11.5 Å². The van der Waals surface area contributed by atoms with Crippen LogP contribution in [0.4, 0.5) is 11.4 Å². The lowest BCUT2D eigenvalue weighted by molar-refractivity contribution is 0.414. The van der Waals surface area contributed by atoms with Gasteiger partial charge in [0.15, 0.2) is 0 Å². The van der Waals surface area contributed by atoms with Crippen LogP contribution < -0.4 is 14.2 Å². The summed E-state index contributed by atoms with van der Waals surface area (Å²) < 4.78 is 66.4. The highest BCUT2D eigenvalue weighted by atomic mass is 32.2. The van der Waals surface area contributed by atoms with Crippen molar-refractivity contribution in [3.8, 4) is 11.5 Å². The molecule has 0 amide bonds. The molecular formula is C20H19N2O6S2-. The summed E-state index contributed by atoms with van der Waals surface area (Å²) in [5.74, 6) is 1.04. The quantitative estimate of drug-likeness (QED) is 0.560. The molecule has 0 aliphatic carbocycles. The first-order chi connectivity index (χ1) is 14.2. The topological polar surface area (TPSA) is 113 Å².